The molecule has 0 N–H and O–H groups in total. The van der Waals surface area contributed by atoms with Gasteiger partial charge >= 0.3 is 5.97 Å². The van der Waals surface area contributed by atoms with Crippen LogP contribution in [-0.2, 0) is 27.9 Å². The number of allylic oxidation sites excluding steroid dienone is 2. The summed E-state index contributed by atoms with van der Waals surface area (Å²) in [6, 6.07) is 0. The van der Waals surface area contributed by atoms with E-state index in [0.29, 0.717) is 24.1 Å². The number of hydrogen-bond acceptors (Lipinski definition) is 7. The Labute approximate surface area is 392 Å². The highest BCUT2D eigenvalue weighted by molar-refractivity contribution is 7.45. The zero-order valence-corrected chi connectivity index (χ0v) is 43.7. The fraction of sp³-hybridized carbons (Fsp3) is 0.944. The summed E-state index contributed by atoms with van der Waals surface area (Å²) in [6.07, 6.45) is 55.3. The number of phosphoric acid groups is 1. The van der Waals surface area contributed by atoms with Crippen LogP contribution in [0.2, 0.25) is 0 Å². The molecule has 2 atom stereocenters. The molecule has 8 nitrogen and oxygen atoms in total. The van der Waals surface area contributed by atoms with Gasteiger partial charge in [0.05, 0.1) is 34.4 Å². The Balaban J connectivity index is 4.05. The molecule has 376 valence electrons. The van der Waals surface area contributed by atoms with Crippen molar-refractivity contribution >= 4 is 13.8 Å². The lowest BCUT2D eigenvalue weighted by Gasteiger charge is -2.28. The Hall–Kier alpha value is -0.760. The Morgan fingerprint density at radius 3 is 1.21 bits per heavy atom. The van der Waals surface area contributed by atoms with Crippen LogP contribution in [0.4, 0.5) is 0 Å². The van der Waals surface area contributed by atoms with Crippen LogP contribution in [0.1, 0.15) is 271 Å². The molecule has 0 aromatic carbocycles. The molecule has 0 bridgehead atoms. The third-order valence-electron chi connectivity index (χ3n) is 12.3. The van der Waals surface area contributed by atoms with E-state index in [0.717, 1.165) is 32.1 Å². The first-order valence-electron chi connectivity index (χ1n) is 27.4. The number of carbonyl (C=O) groups is 1. The van der Waals surface area contributed by atoms with Gasteiger partial charge in [-0.15, -0.1) is 0 Å². The number of quaternary nitrogens is 1. The van der Waals surface area contributed by atoms with Crippen molar-refractivity contribution in [3.05, 3.63) is 12.2 Å². The molecule has 9 heteroatoms. The van der Waals surface area contributed by atoms with Gasteiger partial charge in [0, 0.05) is 13.0 Å². The van der Waals surface area contributed by atoms with E-state index < -0.39 is 13.9 Å². The predicted molar refractivity (Wildman–Crippen MR) is 268 cm³/mol. The fourth-order valence-corrected chi connectivity index (χ4v) is 8.80. The first kappa shape index (κ1) is 62.2. The Kier molecular flexibility index (Phi) is 47.1. The molecule has 0 rings (SSSR count). The third kappa shape index (κ3) is 52.1. The normalized spacial score (nSPS) is 13.6. The summed E-state index contributed by atoms with van der Waals surface area (Å²) in [5.41, 5.74) is 0. The van der Waals surface area contributed by atoms with Crippen LogP contribution in [0.5, 0.6) is 0 Å². The van der Waals surface area contributed by atoms with E-state index in [2.05, 4.69) is 26.0 Å². The SMILES string of the molecule is CCCCCCCCC/C=C\CCCCCCCCCC(=O)OC(COCCCCCCCCCCCCCCCCCCCCCCCCC)COP(=O)([O-])OCC[N+](C)(C)C. The zero-order chi connectivity index (χ0) is 46.2. The van der Waals surface area contributed by atoms with Gasteiger partial charge in [-0.1, -0.05) is 238 Å². The lowest BCUT2D eigenvalue weighted by Crippen LogP contribution is -2.37. The van der Waals surface area contributed by atoms with Crippen molar-refractivity contribution in [1.82, 2.24) is 0 Å². The molecule has 0 aromatic heterocycles. The van der Waals surface area contributed by atoms with Crippen LogP contribution in [0.3, 0.4) is 0 Å². The van der Waals surface area contributed by atoms with Gasteiger partial charge < -0.3 is 27.9 Å². The molecular formula is C54H108NO7P. The van der Waals surface area contributed by atoms with Crippen LogP contribution in [0.15, 0.2) is 12.2 Å². The number of unbranched alkanes of at least 4 members (excludes halogenated alkanes) is 36. The minimum absolute atomic E-state index is 0.0289. The highest BCUT2D eigenvalue weighted by Crippen LogP contribution is 2.38. The molecule has 0 spiro atoms. The number of phosphoric ester groups is 1. The molecule has 0 aliphatic rings. The lowest BCUT2D eigenvalue weighted by molar-refractivity contribution is -0.870. The Morgan fingerprint density at radius 1 is 0.476 bits per heavy atom. The molecule has 63 heavy (non-hydrogen) atoms. The van der Waals surface area contributed by atoms with E-state index in [1.165, 1.54) is 218 Å². The second kappa shape index (κ2) is 47.7. The number of esters is 1. The standard InChI is InChI=1S/C54H108NO7P/c1-6-8-10-12-14-16-18-20-22-24-26-27-28-29-30-32-34-36-38-40-42-44-46-49-59-51-53(52-61-63(57,58)60-50-48-55(3,4)5)62-54(56)47-45-43-41-39-37-35-33-31-25-23-21-19-17-15-13-11-9-7-2/h23,25,53H,6-22,24,26-52H2,1-5H3/b25-23-. The van der Waals surface area contributed by atoms with E-state index in [1.54, 1.807) is 0 Å². The zero-order valence-electron chi connectivity index (χ0n) is 42.8. The van der Waals surface area contributed by atoms with Crippen LogP contribution in [0, 0.1) is 0 Å². The first-order valence-corrected chi connectivity index (χ1v) is 28.9. The molecule has 2 unspecified atom stereocenters. The van der Waals surface area contributed by atoms with Crippen molar-refractivity contribution in [3.8, 4) is 0 Å². The molecule has 0 saturated carbocycles. The van der Waals surface area contributed by atoms with Crippen LogP contribution >= 0.6 is 7.82 Å². The molecular weight excluding hydrogens is 806 g/mol. The van der Waals surface area contributed by atoms with Crippen LogP contribution in [-0.4, -0.2) is 70.7 Å². The first-order chi connectivity index (χ1) is 30.6. The summed E-state index contributed by atoms with van der Waals surface area (Å²) >= 11 is 0. The van der Waals surface area contributed by atoms with Crippen molar-refractivity contribution in [2.24, 2.45) is 0 Å². The molecule has 0 heterocycles. The van der Waals surface area contributed by atoms with Gasteiger partial charge in [-0.2, -0.15) is 0 Å². The van der Waals surface area contributed by atoms with E-state index in [-0.39, 0.29) is 25.8 Å². The van der Waals surface area contributed by atoms with Gasteiger partial charge in [-0.05, 0) is 38.5 Å². The summed E-state index contributed by atoms with van der Waals surface area (Å²) in [5.74, 6) is -0.332. The topological polar surface area (TPSA) is 94.1 Å². The second-order valence-corrected chi connectivity index (χ2v) is 21.4. The highest BCUT2D eigenvalue weighted by Gasteiger charge is 2.20. The minimum Gasteiger partial charge on any atom is -0.756 e. The van der Waals surface area contributed by atoms with E-state index >= 15 is 0 Å². The second-order valence-electron chi connectivity index (χ2n) is 20.0. The molecule has 0 amide bonds. The highest BCUT2D eigenvalue weighted by atomic mass is 31.2. The maximum Gasteiger partial charge on any atom is 0.306 e. The summed E-state index contributed by atoms with van der Waals surface area (Å²) in [7, 11) is 1.37. The number of hydrogen-bond donors (Lipinski definition) is 0. The van der Waals surface area contributed by atoms with E-state index in [1.807, 2.05) is 21.1 Å². The van der Waals surface area contributed by atoms with Gasteiger partial charge in [0.25, 0.3) is 7.82 Å². The van der Waals surface area contributed by atoms with Crippen molar-refractivity contribution in [2.45, 2.75) is 277 Å². The quantitative estimate of drug-likeness (QED) is 0.0197. The fourth-order valence-electron chi connectivity index (χ4n) is 8.07. The molecule has 0 fully saturated rings. The van der Waals surface area contributed by atoms with E-state index in [9.17, 15) is 14.3 Å². The van der Waals surface area contributed by atoms with Crippen molar-refractivity contribution in [1.29, 1.82) is 0 Å². The Morgan fingerprint density at radius 2 is 0.825 bits per heavy atom. The number of nitrogens with zero attached hydrogens (tertiary/aromatic N) is 1. The van der Waals surface area contributed by atoms with Crippen LogP contribution < -0.4 is 4.89 Å². The predicted octanol–water partition coefficient (Wildman–Crippen LogP) is 16.3. The molecule has 0 saturated heterocycles. The van der Waals surface area contributed by atoms with Crippen LogP contribution in [0.25, 0.3) is 0 Å². The van der Waals surface area contributed by atoms with Crippen molar-refractivity contribution < 1.29 is 37.3 Å². The number of rotatable bonds is 52. The van der Waals surface area contributed by atoms with Gasteiger partial charge in [0.2, 0.25) is 0 Å². The average molecular weight is 914 g/mol. The van der Waals surface area contributed by atoms with Crippen molar-refractivity contribution in [2.75, 3.05) is 54.1 Å². The summed E-state index contributed by atoms with van der Waals surface area (Å²) in [4.78, 5) is 25.2. The number of ether oxygens (including phenoxy) is 2. The maximum atomic E-state index is 12.8. The van der Waals surface area contributed by atoms with Gasteiger partial charge in [0.15, 0.2) is 0 Å². The number of carbonyl (C=O) groups excluding carboxylic acids is 1. The largest absolute Gasteiger partial charge is 0.756 e. The average Bonchev–Trinajstić information content (AvgIpc) is 3.24. The third-order valence-corrected chi connectivity index (χ3v) is 13.3. The lowest BCUT2D eigenvalue weighted by atomic mass is 10.0. The smallest absolute Gasteiger partial charge is 0.306 e. The molecule has 0 aliphatic carbocycles. The summed E-state index contributed by atoms with van der Waals surface area (Å²) in [6.45, 7) is 5.48. The van der Waals surface area contributed by atoms with Gasteiger partial charge in [0.1, 0.15) is 19.3 Å². The molecule has 0 aliphatic heterocycles. The monoisotopic (exact) mass is 914 g/mol. The minimum atomic E-state index is -4.53. The molecule has 0 radical (unpaired) electrons. The Bertz CT molecular complexity index is 1020. The van der Waals surface area contributed by atoms with Crippen molar-refractivity contribution in [3.63, 3.8) is 0 Å². The van der Waals surface area contributed by atoms with Gasteiger partial charge in [-0.3, -0.25) is 9.36 Å². The maximum absolute atomic E-state index is 12.8. The number of likely N-dealkylation sites (N-methyl/N-ethyl adjacent to an activating group) is 1. The summed E-state index contributed by atoms with van der Waals surface area (Å²) in [5, 5.41) is 0. The van der Waals surface area contributed by atoms with Gasteiger partial charge in [-0.25, -0.2) is 0 Å². The molecule has 0 aromatic rings. The summed E-state index contributed by atoms with van der Waals surface area (Å²) < 4.78 is 34.8. The van der Waals surface area contributed by atoms with E-state index in [4.69, 9.17) is 18.5 Å².